The van der Waals surface area contributed by atoms with Crippen LogP contribution in [0.5, 0.6) is 0 Å². The number of fused-ring (bicyclic) bond motifs is 1. The SMILES string of the molecule is NC1CCN(CC(=O)CC2OCCc3ccccc32)CC1. The van der Waals surface area contributed by atoms with Crippen molar-refractivity contribution < 1.29 is 9.53 Å². The van der Waals surface area contributed by atoms with Crippen molar-refractivity contribution in [1.82, 2.24) is 4.90 Å². The van der Waals surface area contributed by atoms with Crippen LogP contribution in [0.4, 0.5) is 0 Å². The normalized spacial score (nSPS) is 23.8. The van der Waals surface area contributed by atoms with Gasteiger partial charge in [-0.05, 0) is 30.4 Å². The molecule has 0 aliphatic carbocycles. The van der Waals surface area contributed by atoms with Crippen LogP contribution >= 0.6 is 0 Å². The van der Waals surface area contributed by atoms with Crippen LogP contribution in [0.25, 0.3) is 0 Å². The highest BCUT2D eigenvalue weighted by Crippen LogP contribution is 2.29. The predicted molar refractivity (Wildman–Crippen MR) is 82.1 cm³/mol. The Hall–Kier alpha value is -1.23. The second-order valence-electron chi connectivity index (χ2n) is 6.16. The molecule has 0 bridgehead atoms. The molecule has 2 N–H and O–H groups in total. The predicted octanol–water partition coefficient (Wildman–Crippen LogP) is 1.68. The quantitative estimate of drug-likeness (QED) is 0.916. The summed E-state index contributed by atoms with van der Waals surface area (Å²) in [6.45, 7) is 3.13. The van der Waals surface area contributed by atoms with E-state index in [2.05, 4.69) is 23.1 Å². The monoisotopic (exact) mass is 288 g/mol. The Morgan fingerprint density at radius 1 is 1.29 bits per heavy atom. The van der Waals surface area contributed by atoms with Gasteiger partial charge in [0.2, 0.25) is 0 Å². The Balaban J connectivity index is 1.56. The van der Waals surface area contributed by atoms with Crippen LogP contribution in [0.1, 0.15) is 36.5 Å². The number of ether oxygens (including phenoxy) is 1. The van der Waals surface area contributed by atoms with Crippen LogP contribution in [0.3, 0.4) is 0 Å². The van der Waals surface area contributed by atoms with Gasteiger partial charge in [0.05, 0.1) is 19.3 Å². The summed E-state index contributed by atoms with van der Waals surface area (Å²) in [5, 5.41) is 0. The Morgan fingerprint density at radius 2 is 2.05 bits per heavy atom. The highest BCUT2D eigenvalue weighted by molar-refractivity contribution is 5.81. The summed E-state index contributed by atoms with van der Waals surface area (Å²) in [6, 6.07) is 8.62. The lowest BCUT2D eigenvalue weighted by atomic mass is 9.94. The van der Waals surface area contributed by atoms with Crippen molar-refractivity contribution >= 4 is 5.78 Å². The summed E-state index contributed by atoms with van der Waals surface area (Å²) in [7, 11) is 0. The zero-order chi connectivity index (χ0) is 14.7. The van der Waals surface area contributed by atoms with Gasteiger partial charge in [-0.3, -0.25) is 9.69 Å². The van der Waals surface area contributed by atoms with Gasteiger partial charge < -0.3 is 10.5 Å². The van der Waals surface area contributed by atoms with E-state index >= 15 is 0 Å². The number of rotatable bonds is 4. The van der Waals surface area contributed by atoms with Gasteiger partial charge in [-0.15, -0.1) is 0 Å². The molecule has 4 nitrogen and oxygen atoms in total. The zero-order valence-corrected chi connectivity index (χ0v) is 12.5. The molecule has 0 spiro atoms. The molecular formula is C17H24N2O2. The number of nitrogens with two attached hydrogens (primary N) is 1. The van der Waals surface area contributed by atoms with Crippen LogP contribution in [0.15, 0.2) is 24.3 Å². The lowest BCUT2D eigenvalue weighted by Gasteiger charge is -2.30. The molecule has 4 heteroatoms. The fourth-order valence-electron chi connectivity index (χ4n) is 3.28. The second kappa shape index (κ2) is 6.69. The summed E-state index contributed by atoms with van der Waals surface area (Å²) >= 11 is 0. The fraction of sp³-hybridized carbons (Fsp3) is 0.588. The first-order valence-electron chi connectivity index (χ1n) is 7.91. The van der Waals surface area contributed by atoms with E-state index in [1.54, 1.807) is 0 Å². The first-order valence-corrected chi connectivity index (χ1v) is 7.91. The minimum absolute atomic E-state index is 0.0607. The van der Waals surface area contributed by atoms with Crippen molar-refractivity contribution in [1.29, 1.82) is 0 Å². The summed E-state index contributed by atoms with van der Waals surface area (Å²) in [5.41, 5.74) is 8.42. The molecule has 2 aliphatic heterocycles. The summed E-state index contributed by atoms with van der Waals surface area (Å²) < 4.78 is 5.82. The maximum atomic E-state index is 12.3. The first-order chi connectivity index (χ1) is 10.2. The standard InChI is InChI=1S/C17H24N2O2/c18-14-5-8-19(9-6-14)12-15(20)11-17-16-4-2-1-3-13(16)7-10-21-17/h1-4,14,17H,5-12,18H2. The third-order valence-corrected chi connectivity index (χ3v) is 4.54. The number of hydrogen-bond donors (Lipinski definition) is 1. The number of benzene rings is 1. The highest BCUT2D eigenvalue weighted by atomic mass is 16.5. The third kappa shape index (κ3) is 3.70. The van der Waals surface area contributed by atoms with Gasteiger partial charge >= 0.3 is 0 Å². The molecule has 1 aromatic rings. The van der Waals surface area contributed by atoms with E-state index in [0.29, 0.717) is 25.6 Å². The Kier molecular flexibility index (Phi) is 4.68. The Bertz CT molecular complexity index is 495. The summed E-state index contributed by atoms with van der Waals surface area (Å²) in [4.78, 5) is 14.5. The molecule has 1 unspecified atom stereocenters. The molecule has 21 heavy (non-hydrogen) atoms. The highest BCUT2D eigenvalue weighted by Gasteiger charge is 2.25. The van der Waals surface area contributed by atoms with Gasteiger partial charge in [0, 0.05) is 25.6 Å². The fourth-order valence-corrected chi connectivity index (χ4v) is 3.28. The molecule has 0 amide bonds. The molecule has 1 fully saturated rings. The van der Waals surface area contributed by atoms with Gasteiger partial charge in [-0.25, -0.2) is 0 Å². The van der Waals surface area contributed by atoms with E-state index in [0.717, 1.165) is 32.4 Å². The van der Waals surface area contributed by atoms with Gasteiger partial charge in [-0.1, -0.05) is 24.3 Å². The smallest absolute Gasteiger partial charge is 0.149 e. The van der Waals surface area contributed by atoms with E-state index in [4.69, 9.17) is 10.5 Å². The minimum atomic E-state index is -0.0607. The van der Waals surface area contributed by atoms with Crippen LogP contribution < -0.4 is 5.73 Å². The molecular weight excluding hydrogens is 264 g/mol. The van der Waals surface area contributed by atoms with Crippen LogP contribution in [0.2, 0.25) is 0 Å². The minimum Gasteiger partial charge on any atom is -0.373 e. The van der Waals surface area contributed by atoms with Crippen molar-refractivity contribution in [2.45, 2.75) is 37.8 Å². The van der Waals surface area contributed by atoms with Crippen molar-refractivity contribution in [3.63, 3.8) is 0 Å². The largest absolute Gasteiger partial charge is 0.373 e. The molecule has 114 valence electrons. The number of piperidine rings is 1. The van der Waals surface area contributed by atoms with Gasteiger partial charge in [-0.2, -0.15) is 0 Å². The maximum absolute atomic E-state index is 12.3. The van der Waals surface area contributed by atoms with E-state index in [9.17, 15) is 4.79 Å². The molecule has 1 saturated heterocycles. The van der Waals surface area contributed by atoms with Gasteiger partial charge in [0.25, 0.3) is 0 Å². The third-order valence-electron chi connectivity index (χ3n) is 4.54. The number of carbonyl (C=O) groups is 1. The van der Waals surface area contributed by atoms with Crippen LogP contribution in [-0.4, -0.2) is 43.0 Å². The number of ketones is 1. The van der Waals surface area contributed by atoms with Gasteiger partial charge in [0.15, 0.2) is 0 Å². The molecule has 2 aliphatic rings. The second-order valence-corrected chi connectivity index (χ2v) is 6.16. The van der Waals surface area contributed by atoms with Crippen LogP contribution in [0, 0.1) is 0 Å². The maximum Gasteiger partial charge on any atom is 0.149 e. The Morgan fingerprint density at radius 3 is 2.86 bits per heavy atom. The van der Waals surface area contributed by atoms with E-state index in [1.165, 1.54) is 11.1 Å². The molecule has 0 radical (unpaired) electrons. The molecule has 1 atom stereocenters. The zero-order valence-electron chi connectivity index (χ0n) is 12.5. The average Bonchev–Trinajstić information content (AvgIpc) is 2.50. The van der Waals surface area contributed by atoms with E-state index in [1.807, 2.05) is 6.07 Å². The van der Waals surface area contributed by atoms with E-state index in [-0.39, 0.29) is 11.9 Å². The topological polar surface area (TPSA) is 55.6 Å². The van der Waals surface area contributed by atoms with Crippen LogP contribution in [-0.2, 0) is 16.0 Å². The number of nitrogens with zero attached hydrogens (tertiary/aromatic N) is 1. The van der Waals surface area contributed by atoms with E-state index < -0.39 is 0 Å². The summed E-state index contributed by atoms with van der Waals surface area (Å²) in [6.07, 6.45) is 3.37. The number of hydrogen-bond acceptors (Lipinski definition) is 4. The van der Waals surface area contributed by atoms with Crippen molar-refractivity contribution in [2.24, 2.45) is 5.73 Å². The average molecular weight is 288 g/mol. The molecule has 3 rings (SSSR count). The summed E-state index contributed by atoms with van der Waals surface area (Å²) in [5.74, 6) is 0.271. The lowest BCUT2D eigenvalue weighted by molar-refractivity contribution is -0.123. The van der Waals surface area contributed by atoms with Crippen molar-refractivity contribution in [3.05, 3.63) is 35.4 Å². The van der Waals surface area contributed by atoms with Crippen molar-refractivity contribution in [2.75, 3.05) is 26.2 Å². The molecule has 2 heterocycles. The van der Waals surface area contributed by atoms with Gasteiger partial charge in [0.1, 0.15) is 5.78 Å². The Labute approximate surface area is 126 Å². The lowest BCUT2D eigenvalue weighted by Crippen LogP contribution is -2.42. The number of carbonyl (C=O) groups excluding carboxylic acids is 1. The first kappa shape index (κ1) is 14.7. The van der Waals surface area contributed by atoms with Crippen molar-refractivity contribution in [3.8, 4) is 0 Å². The number of Topliss-reactive ketones (excluding diaryl/α,β-unsaturated/α-hetero) is 1. The number of likely N-dealkylation sites (tertiary alicyclic amines) is 1. The molecule has 0 saturated carbocycles. The molecule has 0 aromatic heterocycles. The molecule has 1 aromatic carbocycles.